The number of carbonyl (C=O) groups is 1. The maximum Gasteiger partial charge on any atom is 0.350 e. The van der Waals surface area contributed by atoms with Crippen LogP contribution in [0.15, 0.2) is 76.2 Å². The summed E-state index contributed by atoms with van der Waals surface area (Å²) < 4.78 is 18.9. The number of anilines is 1. The number of pyridine rings is 1. The molecular weight excluding hydrogens is 452 g/mol. The Kier molecular flexibility index (Phi) is 4.99. The molecule has 5 aromatic rings. The van der Waals surface area contributed by atoms with Crippen molar-refractivity contribution in [1.29, 1.82) is 0 Å². The van der Waals surface area contributed by atoms with Gasteiger partial charge in [-0.05, 0) is 24.3 Å². The molecule has 11 heteroatoms. The zero-order valence-electron chi connectivity index (χ0n) is 18.2. The molecule has 0 unspecified atom stereocenters. The largest absolute Gasteiger partial charge is 0.486 e. The van der Waals surface area contributed by atoms with Gasteiger partial charge in [0.05, 0.1) is 5.56 Å². The lowest BCUT2D eigenvalue weighted by Gasteiger charge is -2.18. The van der Waals surface area contributed by atoms with Gasteiger partial charge < -0.3 is 19.3 Å². The van der Waals surface area contributed by atoms with E-state index in [-0.39, 0.29) is 12.4 Å². The van der Waals surface area contributed by atoms with E-state index in [0.29, 0.717) is 47.4 Å². The SMILES string of the molecule is O=C(Cn1nc2c(-c3nc(-c4ccccc4)no3)cccn2c1=O)Nc1ccc2c(c1)OCCO2. The summed E-state index contributed by atoms with van der Waals surface area (Å²) in [5.41, 5.74) is 1.63. The van der Waals surface area contributed by atoms with Gasteiger partial charge in [0.25, 0.3) is 5.89 Å². The van der Waals surface area contributed by atoms with Crippen LogP contribution >= 0.6 is 0 Å². The number of rotatable bonds is 5. The van der Waals surface area contributed by atoms with Crippen LogP contribution in [0.3, 0.4) is 0 Å². The minimum absolute atomic E-state index is 0.215. The highest BCUT2D eigenvalue weighted by atomic mass is 16.6. The summed E-state index contributed by atoms with van der Waals surface area (Å²) in [5, 5.41) is 11.1. The highest BCUT2D eigenvalue weighted by Gasteiger charge is 2.19. The van der Waals surface area contributed by atoms with Gasteiger partial charge in [0.2, 0.25) is 11.7 Å². The average molecular weight is 470 g/mol. The van der Waals surface area contributed by atoms with Crippen molar-refractivity contribution in [1.82, 2.24) is 24.3 Å². The van der Waals surface area contributed by atoms with Gasteiger partial charge in [-0.15, -0.1) is 5.10 Å². The Morgan fingerprint density at radius 3 is 2.69 bits per heavy atom. The number of hydrogen-bond donors (Lipinski definition) is 1. The van der Waals surface area contributed by atoms with E-state index in [1.165, 1.54) is 4.40 Å². The molecule has 4 heterocycles. The summed E-state index contributed by atoms with van der Waals surface area (Å²) in [6.45, 7) is 0.637. The van der Waals surface area contributed by atoms with Gasteiger partial charge >= 0.3 is 5.69 Å². The summed E-state index contributed by atoms with van der Waals surface area (Å²) in [5.74, 6) is 1.39. The fraction of sp³-hybridized carbons (Fsp3) is 0.125. The predicted octanol–water partition coefficient (Wildman–Crippen LogP) is 2.62. The molecular formula is C24H18N6O5. The van der Waals surface area contributed by atoms with E-state index >= 15 is 0 Å². The van der Waals surface area contributed by atoms with E-state index in [2.05, 4.69) is 20.6 Å². The molecule has 11 nitrogen and oxygen atoms in total. The van der Waals surface area contributed by atoms with E-state index in [4.69, 9.17) is 14.0 Å². The van der Waals surface area contributed by atoms with Crippen molar-refractivity contribution in [3.05, 3.63) is 77.3 Å². The summed E-state index contributed by atoms with van der Waals surface area (Å²) >= 11 is 0. The topological polar surface area (TPSA) is 126 Å². The molecule has 0 saturated carbocycles. The quantitative estimate of drug-likeness (QED) is 0.416. The number of nitrogens with one attached hydrogen (secondary N) is 1. The average Bonchev–Trinajstić information content (AvgIpc) is 3.50. The van der Waals surface area contributed by atoms with Gasteiger partial charge in [0.15, 0.2) is 17.1 Å². The minimum Gasteiger partial charge on any atom is -0.486 e. The molecule has 0 aliphatic carbocycles. The van der Waals surface area contributed by atoms with Crippen LogP contribution in [-0.2, 0) is 11.3 Å². The van der Waals surface area contributed by atoms with Crippen LogP contribution in [0.5, 0.6) is 11.5 Å². The maximum atomic E-state index is 12.9. The fourth-order valence-electron chi connectivity index (χ4n) is 3.80. The van der Waals surface area contributed by atoms with E-state index in [0.717, 1.165) is 10.2 Å². The third-order valence-electron chi connectivity index (χ3n) is 5.42. The number of aromatic nitrogens is 5. The molecule has 1 aliphatic rings. The summed E-state index contributed by atoms with van der Waals surface area (Å²) in [6.07, 6.45) is 1.57. The van der Waals surface area contributed by atoms with Gasteiger partial charge in [-0.1, -0.05) is 35.5 Å². The monoisotopic (exact) mass is 470 g/mol. The second kappa shape index (κ2) is 8.45. The zero-order chi connectivity index (χ0) is 23.8. The van der Waals surface area contributed by atoms with Crippen LogP contribution in [0.25, 0.3) is 28.5 Å². The second-order valence-corrected chi connectivity index (χ2v) is 7.75. The molecule has 35 heavy (non-hydrogen) atoms. The van der Waals surface area contributed by atoms with Crippen molar-refractivity contribution in [2.75, 3.05) is 18.5 Å². The van der Waals surface area contributed by atoms with Gasteiger partial charge in [-0.3, -0.25) is 4.79 Å². The van der Waals surface area contributed by atoms with E-state index in [9.17, 15) is 9.59 Å². The molecule has 2 aromatic carbocycles. The Bertz CT molecular complexity index is 1600. The minimum atomic E-state index is -0.470. The number of amides is 1. The molecule has 0 saturated heterocycles. The molecule has 3 aromatic heterocycles. The number of benzene rings is 2. The Hall–Kier alpha value is -4.93. The van der Waals surface area contributed by atoms with E-state index < -0.39 is 11.6 Å². The first-order valence-electron chi connectivity index (χ1n) is 10.8. The normalized spacial score (nSPS) is 12.6. The highest BCUT2D eigenvalue weighted by molar-refractivity contribution is 5.91. The van der Waals surface area contributed by atoms with Crippen LogP contribution < -0.4 is 20.5 Å². The number of ether oxygens (including phenoxy) is 2. The standard InChI is InChI=1S/C24H18N6O5/c31-20(25-16-8-9-18-19(13-16)34-12-11-33-18)14-30-24(32)29-10-4-7-17(22(29)27-30)23-26-21(28-35-23)15-5-2-1-3-6-15/h1-10,13H,11-12,14H2,(H,25,31). The first kappa shape index (κ1) is 20.7. The first-order valence-corrected chi connectivity index (χ1v) is 10.8. The van der Waals surface area contributed by atoms with E-state index in [1.54, 1.807) is 36.5 Å². The van der Waals surface area contributed by atoms with Crippen LogP contribution in [0.4, 0.5) is 5.69 Å². The highest BCUT2D eigenvalue weighted by Crippen LogP contribution is 2.32. The van der Waals surface area contributed by atoms with Crippen LogP contribution in [0.1, 0.15) is 0 Å². The van der Waals surface area contributed by atoms with Gasteiger partial charge in [-0.25, -0.2) is 13.9 Å². The van der Waals surface area contributed by atoms with Crippen molar-refractivity contribution in [2.45, 2.75) is 6.54 Å². The lowest BCUT2D eigenvalue weighted by atomic mass is 10.2. The summed E-state index contributed by atoms with van der Waals surface area (Å²) in [7, 11) is 0. The maximum absolute atomic E-state index is 12.9. The smallest absolute Gasteiger partial charge is 0.350 e. The zero-order valence-corrected chi connectivity index (χ0v) is 18.2. The molecule has 6 rings (SSSR count). The van der Waals surface area contributed by atoms with Crippen molar-refractivity contribution in [3.63, 3.8) is 0 Å². The lowest BCUT2D eigenvalue weighted by molar-refractivity contribution is -0.117. The number of hydrogen-bond acceptors (Lipinski definition) is 8. The molecule has 1 N–H and O–H groups in total. The Morgan fingerprint density at radius 1 is 1.00 bits per heavy atom. The van der Waals surface area contributed by atoms with Crippen molar-refractivity contribution < 1.29 is 18.8 Å². The molecule has 0 bridgehead atoms. The predicted molar refractivity (Wildman–Crippen MR) is 124 cm³/mol. The molecule has 0 fully saturated rings. The Balaban J connectivity index is 1.27. The summed E-state index contributed by atoms with van der Waals surface area (Å²) in [6, 6.07) is 17.9. The Morgan fingerprint density at radius 2 is 1.83 bits per heavy atom. The molecule has 0 atom stereocenters. The number of carbonyl (C=O) groups excluding carboxylic acids is 1. The van der Waals surface area contributed by atoms with Crippen molar-refractivity contribution in [3.8, 4) is 34.3 Å². The molecule has 1 amide bonds. The van der Waals surface area contributed by atoms with Crippen LogP contribution in [0, 0.1) is 0 Å². The summed E-state index contributed by atoms with van der Waals surface area (Å²) in [4.78, 5) is 30.0. The molecule has 174 valence electrons. The van der Waals surface area contributed by atoms with Crippen LogP contribution in [0.2, 0.25) is 0 Å². The van der Waals surface area contributed by atoms with Gasteiger partial charge in [0.1, 0.15) is 19.8 Å². The molecule has 0 spiro atoms. The lowest BCUT2D eigenvalue weighted by Crippen LogP contribution is -2.28. The third-order valence-corrected chi connectivity index (χ3v) is 5.42. The molecule has 1 aliphatic heterocycles. The second-order valence-electron chi connectivity index (χ2n) is 7.75. The van der Waals surface area contributed by atoms with E-state index in [1.807, 2.05) is 30.3 Å². The van der Waals surface area contributed by atoms with Crippen molar-refractivity contribution >= 4 is 17.2 Å². The third kappa shape index (κ3) is 3.88. The van der Waals surface area contributed by atoms with Gasteiger partial charge in [-0.2, -0.15) is 4.98 Å². The number of fused-ring (bicyclic) bond motifs is 2. The van der Waals surface area contributed by atoms with Crippen LogP contribution in [-0.4, -0.2) is 43.4 Å². The van der Waals surface area contributed by atoms with Crippen molar-refractivity contribution in [2.24, 2.45) is 0 Å². The number of nitrogens with zero attached hydrogens (tertiary/aromatic N) is 5. The fourth-order valence-corrected chi connectivity index (χ4v) is 3.80. The first-order chi connectivity index (χ1) is 17.2. The molecule has 0 radical (unpaired) electrons. The Labute approximate surface area is 197 Å². The van der Waals surface area contributed by atoms with Gasteiger partial charge in [0, 0.05) is 23.5 Å².